The Morgan fingerprint density at radius 1 is 0.905 bits per heavy atom. The van der Waals surface area contributed by atoms with Crippen LogP contribution >= 0.6 is 11.8 Å². The van der Waals surface area contributed by atoms with E-state index in [1.165, 1.54) is 19.1 Å². The first-order chi connectivity index (χ1) is 19.7. The summed E-state index contributed by atoms with van der Waals surface area (Å²) in [5.74, 6) is -6.58. The number of nitrogens with zero attached hydrogens (tertiary/aromatic N) is 1. The van der Waals surface area contributed by atoms with Crippen molar-refractivity contribution in [1.82, 2.24) is 4.57 Å². The monoisotopic (exact) mass is 605 g/mol. The molecule has 1 atom stereocenters. The van der Waals surface area contributed by atoms with E-state index in [1.54, 1.807) is 18.2 Å². The van der Waals surface area contributed by atoms with Crippen molar-refractivity contribution in [2.45, 2.75) is 43.4 Å². The van der Waals surface area contributed by atoms with E-state index in [-0.39, 0.29) is 27.5 Å². The number of aromatic nitrogens is 1. The van der Waals surface area contributed by atoms with Gasteiger partial charge in [-0.3, -0.25) is 14.2 Å². The lowest BCUT2D eigenvalue weighted by Gasteiger charge is -2.22. The Bertz CT molecular complexity index is 1760. The van der Waals surface area contributed by atoms with Crippen LogP contribution in [0.1, 0.15) is 51.1 Å². The lowest BCUT2D eigenvalue weighted by molar-refractivity contribution is -0.138. The fourth-order valence-corrected chi connectivity index (χ4v) is 6.62. The molecule has 11 heteroatoms. The van der Waals surface area contributed by atoms with E-state index >= 15 is 4.39 Å². The van der Waals surface area contributed by atoms with Crippen LogP contribution in [0.5, 0.6) is 0 Å². The van der Waals surface area contributed by atoms with Gasteiger partial charge >= 0.3 is 6.18 Å². The molecule has 0 aliphatic carbocycles. The minimum atomic E-state index is -4.91. The Balaban J connectivity index is 1.81. The number of halogens is 7. The highest BCUT2D eigenvalue weighted by molar-refractivity contribution is 7.99. The van der Waals surface area contributed by atoms with Crippen LogP contribution in [-0.4, -0.2) is 16.1 Å². The maximum absolute atomic E-state index is 15.6. The molecule has 3 aromatic carbocycles. The highest BCUT2D eigenvalue weighted by atomic mass is 32.2. The van der Waals surface area contributed by atoms with Crippen LogP contribution in [0.3, 0.4) is 0 Å². The van der Waals surface area contributed by atoms with Gasteiger partial charge in [0.05, 0.1) is 21.7 Å². The fourth-order valence-electron chi connectivity index (χ4n) is 5.26. The molecule has 0 bridgehead atoms. The van der Waals surface area contributed by atoms with Crippen LogP contribution in [0, 0.1) is 18.6 Å². The summed E-state index contributed by atoms with van der Waals surface area (Å²) in [5.41, 5.74) is -4.36. The highest BCUT2D eigenvalue weighted by Gasteiger charge is 2.39. The Kier molecular flexibility index (Phi) is 7.59. The van der Waals surface area contributed by atoms with Gasteiger partial charge in [-0.1, -0.05) is 54.6 Å². The van der Waals surface area contributed by atoms with Crippen LogP contribution < -0.4 is 5.56 Å². The summed E-state index contributed by atoms with van der Waals surface area (Å²) in [6.07, 6.45) is -5.56. The van der Waals surface area contributed by atoms with Crippen molar-refractivity contribution in [3.05, 3.63) is 122 Å². The van der Waals surface area contributed by atoms with Crippen LogP contribution in [-0.2, 0) is 18.5 Å². The number of carbonyl (C=O) groups excluding carboxylic acids is 1. The van der Waals surface area contributed by atoms with Crippen molar-refractivity contribution in [2.75, 3.05) is 5.75 Å². The normalized spacial score (nSPS) is 15.1. The minimum Gasteiger partial charge on any atom is -0.292 e. The molecule has 5 rings (SSSR count). The third-order valence-corrected chi connectivity index (χ3v) is 8.51. The molecule has 0 fully saturated rings. The van der Waals surface area contributed by atoms with Crippen LogP contribution in [0.2, 0.25) is 0 Å². The summed E-state index contributed by atoms with van der Waals surface area (Å²) in [7, 11) is 0. The molecule has 42 heavy (non-hydrogen) atoms. The summed E-state index contributed by atoms with van der Waals surface area (Å²) in [5, 5.41) is 0.129. The number of hydrogen-bond donors (Lipinski definition) is 0. The van der Waals surface area contributed by atoms with Crippen LogP contribution in [0.4, 0.5) is 30.7 Å². The second kappa shape index (κ2) is 10.8. The van der Waals surface area contributed by atoms with Crippen molar-refractivity contribution in [3.8, 4) is 11.1 Å². The van der Waals surface area contributed by atoms with Crippen molar-refractivity contribution in [3.63, 3.8) is 0 Å². The molecule has 0 saturated carbocycles. The number of Topliss-reactive ketones (excluding diaryl/α,β-unsaturated/α-hetero) is 1. The number of fused-ring (bicyclic) bond motifs is 1. The zero-order chi connectivity index (χ0) is 30.6. The summed E-state index contributed by atoms with van der Waals surface area (Å²) in [6.45, 7) is 1.84. The maximum Gasteiger partial charge on any atom is 0.416 e. The quantitative estimate of drug-likeness (QED) is 0.164. The van der Waals surface area contributed by atoms with Crippen molar-refractivity contribution >= 4 is 17.5 Å². The highest BCUT2D eigenvalue weighted by Crippen LogP contribution is 2.43. The summed E-state index contributed by atoms with van der Waals surface area (Å²) in [6, 6.07) is 12.5. The van der Waals surface area contributed by atoms with E-state index in [9.17, 15) is 35.9 Å². The molecule has 1 aliphatic heterocycles. The third kappa shape index (κ3) is 5.14. The first-order valence-electron chi connectivity index (χ1n) is 12.7. The Morgan fingerprint density at radius 2 is 1.55 bits per heavy atom. The molecule has 0 spiro atoms. The van der Waals surface area contributed by atoms with Gasteiger partial charge in [-0.15, -0.1) is 11.8 Å². The minimum absolute atomic E-state index is 0.00147. The molecule has 0 saturated heterocycles. The van der Waals surface area contributed by atoms with Gasteiger partial charge in [0, 0.05) is 35.8 Å². The smallest absolute Gasteiger partial charge is 0.292 e. The number of rotatable bonds is 6. The Hall–Kier alpha value is -3.86. The molecule has 4 aromatic rings. The molecular weight excluding hydrogens is 583 g/mol. The maximum atomic E-state index is 15.6. The zero-order valence-corrected chi connectivity index (χ0v) is 23.0. The van der Waals surface area contributed by atoms with Crippen molar-refractivity contribution in [2.24, 2.45) is 0 Å². The van der Waals surface area contributed by atoms with E-state index in [4.69, 9.17) is 0 Å². The van der Waals surface area contributed by atoms with E-state index in [0.29, 0.717) is 6.92 Å². The van der Waals surface area contributed by atoms with E-state index in [1.807, 2.05) is 0 Å². The summed E-state index contributed by atoms with van der Waals surface area (Å²) in [4.78, 5) is 27.5. The third-order valence-electron chi connectivity index (χ3n) is 7.31. The van der Waals surface area contributed by atoms with E-state index in [0.717, 1.165) is 52.7 Å². The SMILES string of the molecule is Cc1c(Cc2c(F)cccc2C(F)(F)F)c2n(c(=O)c1-c1cccc(C(C)(F)F)c1F)C(C(=O)c1ccccc1)CS2. The van der Waals surface area contributed by atoms with Crippen molar-refractivity contribution < 1.29 is 35.5 Å². The van der Waals surface area contributed by atoms with Gasteiger partial charge in [-0.25, -0.2) is 17.6 Å². The molecule has 0 radical (unpaired) electrons. The second-order valence-corrected chi connectivity index (χ2v) is 11.0. The molecule has 1 aliphatic rings. The molecule has 218 valence electrons. The summed E-state index contributed by atoms with van der Waals surface area (Å²) < 4.78 is 102. The Morgan fingerprint density at radius 3 is 2.19 bits per heavy atom. The van der Waals surface area contributed by atoms with Gasteiger partial charge in [-0.2, -0.15) is 13.2 Å². The molecule has 0 N–H and O–H groups in total. The number of hydrogen-bond acceptors (Lipinski definition) is 3. The molecule has 0 amide bonds. The molecule has 2 heterocycles. The number of thioether (sulfide) groups is 1. The van der Waals surface area contributed by atoms with Gasteiger partial charge in [-0.05, 0) is 30.2 Å². The average Bonchev–Trinajstić information content (AvgIpc) is 3.37. The van der Waals surface area contributed by atoms with Gasteiger partial charge in [0.25, 0.3) is 11.5 Å². The summed E-state index contributed by atoms with van der Waals surface area (Å²) >= 11 is 1.03. The van der Waals surface area contributed by atoms with E-state index < -0.39 is 75.4 Å². The molecule has 1 unspecified atom stereocenters. The van der Waals surface area contributed by atoms with Gasteiger partial charge in [0.15, 0.2) is 5.78 Å². The second-order valence-electron chi connectivity index (χ2n) is 10.0. The van der Waals surface area contributed by atoms with Crippen LogP contribution in [0.25, 0.3) is 11.1 Å². The number of alkyl halides is 5. The van der Waals surface area contributed by atoms with Gasteiger partial charge in [0.1, 0.15) is 17.7 Å². The predicted molar refractivity (Wildman–Crippen MR) is 145 cm³/mol. The number of ketones is 1. The standard InChI is InChI=1S/C31H22F7NO2S/c1-16-19(14-20-21(31(36,37)38)11-7-13-23(20)32)29-39(24(15-42-29)27(40)17-8-4-3-5-9-17)28(41)25(16)18-10-6-12-22(26(18)33)30(2,34)35/h3-13,24H,14-15H2,1-2H3. The predicted octanol–water partition coefficient (Wildman–Crippen LogP) is 8.35. The number of carbonyl (C=O) groups is 1. The average molecular weight is 606 g/mol. The molecule has 3 nitrogen and oxygen atoms in total. The fraction of sp³-hybridized carbons (Fsp3) is 0.226. The van der Waals surface area contributed by atoms with E-state index in [2.05, 4.69) is 0 Å². The first-order valence-corrected chi connectivity index (χ1v) is 13.7. The number of pyridine rings is 1. The Labute approximate surface area is 240 Å². The first kappa shape index (κ1) is 29.6. The largest absolute Gasteiger partial charge is 0.416 e. The topological polar surface area (TPSA) is 39.1 Å². The number of benzene rings is 3. The van der Waals surface area contributed by atoms with Crippen molar-refractivity contribution in [1.29, 1.82) is 0 Å². The van der Waals surface area contributed by atoms with Gasteiger partial charge < -0.3 is 0 Å². The lowest BCUT2D eigenvalue weighted by atomic mass is 9.91. The van der Waals surface area contributed by atoms with Gasteiger partial charge in [0.2, 0.25) is 0 Å². The lowest BCUT2D eigenvalue weighted by Crippen LogP contribution is -2.32. The molecule has 1 aromatic heterocycles. The zero-order valence-electron chi connectivity index (χ0n) is 22.2. The van der Waals surface area contributed by atoms with Crippen LogP contribution in [0.15, 0.2) is 76.6 Å². The molecular formula is C31H22F7NO2S.